The molecule has 4 heteroatoms. The molecule has 3 aromatic carbocycles. The van der Waals surface area contributed by atoms with Gasteiger partial charge in [-0.15, -0.1) is 6.58 Å². The SMILES string of the molecule is C=CCc1ccc(OCc2nc3ccccc3n2Cc2ccc(C(C)(C)C)cc2)c(OC)c1. The summed E-state index contributed by atoms with van der Waals surface area (Å²) in [7, 11) is 1.66. The van der Waals surface area contributed by atoms with Gasteiger partial charge in [0.05, 0.1) is 18.1 Å². The Morgan fingerprint density at radius 3 is 2.36 bits per heavy atom. The summed E-state index contributed by atoms with van der Waals surface area (Å²) in [5, 5.41) is 0. The maximum absolute atomic E-state index is 6.18. The Morgan fingerprint density at radius 1 is 0.939 bits per heavy atom. The lowest BCUT2D eigenvalue weighted by molar-refractivity contribution is 0.272. The van der Waals surface area contributed by atoms with E-state index in [1.54, 1.807) is 7.11 Å². The molecule has 0 aliphatic carbocycles. The maximum Gasteiger partial charge on any atom is 0.161 e. The van der Waals surface area contributed by atoms with Gasteiger partial charge in [0, 0.05) is 6.54 Å². The molecule has 0 aliphatic rings. The number of rotatable bonds is 8. The van der Waals surface area contributed by atoms with Crippen molar-refractivity contribution >= 4 is 11.0 Å². The Morgan fingerprint density at radius 2 is 1.67 bits per heavy atom. The first-order valence-electron chi connectivity index (χ1n) is 11.3. The number of methoxy groups -OCH3 is 1. The van der Waals surface area contributed by atoms with Crippen LogP contribution in [0.5, 0.6) is 11.5 Å². The molecule has 1 aromatic heterocycles. The number of imidazole rings is 1. The van der Waals surface area contributed by atoms with Gasteiger partial charge in [-0.05, 0) is 52.8 Å². The highest BCUT2D eigenvalue weighted by Gasteiger charge is 2.15. The van der Waals surface area contributed by atoms with Gasteiger partial charge in [-0.2, -0.15) is 0 Å². The molecule has 0 N–H and O–H groups in total. The lowest BCUT2D eigenvalue weighted by Gasteiger charge is -2.19. The molecule has 4 rings (SSSR count). The van der Waals surface area contributed by atoms with Gasteiger partial charge in [-0.3, -0.25) is 0 Å². The minimum Gasteiger partial charge on any atom is -0.493 e. The smallest absolute Gasteiger partial charge is 0.161 e. The number of allylic oxidation sites excluding steroid dienone is 1. The topological polar surface area (TPSA) is 36.3 Å². The summed E-state index contributed by atoms with van der Waals surface area (Å²) in [5.41, 5.74) is 5.91. The summed E-state index contributed by atoms with van der Waals surface area (Å²) in [6, 6.07) is 23.1. The quantitative estimate of drug-likeness (QED) is 0.286. The van der Waals surface area contributed by atoms with Crippen LogP contribution >= 0.6 is 0 Å². The third kappa shape index (κ3) is 5.11. The monoisotopic (exact) mass is 440 g/mol. The number of hydrogen-bond acceptors (Lipinski definition) is 3. The van der Waals surface area contributed by atoms with Crippen LogP contribution in [0.4, 0.5) is 0 Å². The summed E-state index contributed by atoms with van der Waals surface area (Å²) in [4.78, 5) is 4.87. The van der Waals surface area contributed by atoms with Crippen molar-refractivity contribution in [3.8, 4) is 11.5 Å². The standard InChI is InChI=1S/C29H32N2O2/c1-6-9-21-14-17-26(27(18-21)32-5)33-20-28-30-24-10-7-8-11-25(24)31(28)19-22-12-15-23(16-13-22)29(2,3)4/h6-8,10-18H,1,9,19-20H2,2-5H3. The molecule has 0 fully saturated rings. The molecule has 0 aliphatic heterocycles. The van der Waals surface area contributed by atoms with Gasteiger partial charge < -0.3 is 14.0 Å². The van der Waals surface area contributed by atoms with E-state index < -0.39 is 0 Å². The van der Waals surface area contributed by atoms with Crippen LogP contribution in [0.3, 0.4) is 0 Å². The molecule has 0 amide bonds. The van der Waals surface area contributed by atoms with Gasteiger partial charge in [0.2, 0.25) is 0 Å². The molecule has 0 bridgehead atoms. The summed E-state index contributed by atoms with van der Waals surface area (Å²) >= 11 is 0. The number of nitrogens with zero attached hydrogens (tertiary/aromatic N) is 2. The fraction of sp³-hybridized carbons (Fsp3) is 0.276. The molecule has 0 unspecified atom stereocenters. The van der Waals surface area contributed by atoms with Crippen LogP contribution in [0.25, 0.3) is 11.0 Å². The molecule has 0 spiro atoms. The molecule has 0 radical (unpaired) electrons. The lowest BCUT2D eigenvalue weighted by atomic mass is 9.87. The molecule has 33 heavy (non-hydrogen) atoms. The number of benzene rings is 3. The average Bonchev–Trinajstić information content (AvgIpc) is 3.15. The van der Waals surface area contributed by atoms with E-state index in [0.717, 1.165) is 41.1 Å². The van der Waals surface area contributed by atoms with Gasteiger partial charge >= 0.3 is 0 Å². The van der Waals surface area contributed by atoms with Crippen LogP contribution in [-0.2, 0) is 25.0 Å². The van der Waals surface area contributed by atoms with E-state index in [1.807, 2.05) is 36.4 Å². The fourth-order valence-electron chi connectivity index (χ4n) is 3.97. The zero-order valence-corrected chi connectivity index (χ0v) is 20.0. The van der Waals surface area contributed by atoms with E-state index in [4.69, 9.17) is 14.5 Å². The second-order valence-corrected chi connectivity index (χ2v) is 9.32. The van der Waals surface area contributed by atoms with Crippen LogP contribution in [0, 0.1) is 0 Å². The predicted octanol–water partition coefficient (Wildman–Crippen LogP) is 6.70. The lowest BCUT2D eigenvalue weighted by Crippen LogP contribution is -2.12. The van der Waals surface area contributed by atoms with E-state index in [9.17, 15) is 0 Å². The molecule has 0 saturated heterocycles. The summed E-state index contributed by atoms with van der Waals surface area (Å²) in [5.74, 6) is 2.31. The average molecular weight is 441 g/mol. The molecule has 1 heterocycles. The fourth-order valence-corrected chi connectivity index (χ4v) is 3.97. The van der Waals surface area contributed by atoms with Gasteiger partial charge in [0.25, 0.3) is 0 Å². The molecule has 170 valence electrons. The minimum atomic E-state index is 0.138. The van der Waals surface area contributed by atoms with Crippen molar-refractivity contribution in [3.63, 3.8) is 0 Å². The van der Waals surface area contributed by atoms with Crippen molar-refractivity contribution < 1.29 is 9.47 Å². The third-order valence-corrected chi connectivity index (χ3v) is 5.86. The first-order chi connectivity index (χ1) is 15.9. The molecule has 4 aromatic rings. The number of ether oxygens (including phenoxy) is 2. The van der Waals surface area contributed by atoms with E-state index in [1.165, 1.54) is 11.1 Å². The van der Waals surface area contributed by atoms with Gasteiger partial charge in [-0.25, -0.2) is 4.98 Å². The van der Waals surface area contributed by atoms with Crippen LogP contribution in [-0.4, -0.2) is 16.7 Å². The molecule has 0 atom stereocenters. The van der Waals surface area contributed by atoms with Crippen LogP contribution in [0.1, 0.15) is 43.3 Å². The Bertz CT molecular complexity index is 1250. The maximum atomic E-state index is 6.18. The number of para-hydroxylation sites is 2. The predicted molar refractivity (Wildman–Crippen MR) is 135 cm³/mol. The van der Waals surface area contributed by atoms with Crippen molar-refractivity contribution in [2.24, 2.45) is 0 Å². The highest BCUT2D eigenvalue weighted by molar-refractivity contribution is 5.76. The first-order valence-corrected chi connectivity index (χ1v) is 11.3. The van der Waals surface area contributed by atoms with E-state index >= 15 is 0 Å². The Labute approximate surface area is 196 Å². The normalized spacial score (nSPS) is 11.5. The second-order valence-electron chi connectivity index (χ2n) is 9.32. The van der Waals surface area contributed by atoms with Crippen molar-refractivity contribution in [3.05, 3.63) is 102 Å². The largest absolute Gasteiger partial charge is 0.493 e. The molecular weight excluding hydrogens is 408 g/mol. The third-order valence-electron chi connectivity index (χ3n) is 5.86. The Balaban J connectivity index is 1.61. The zero-order valence-electron chi connectivity index (χ0n) is 20.0. The number of hydrogen-bond donors (Lipinski definition) is 0. The van der Waals surface area contributed by atoms with E-state index in [2.05, 4.69) is 68.3 Å². The highest BCUT2D eigenvalue weighted by Crippen LogP contribution is 2.30. The van der Waals surface area contributed by atoms with Gasteiger partial charge in [0.15, 0.2) is 11.5 Å². The van der Waals surface area contributed by atoms with Crippen molar-refractivity contribution in [2.75, 3.05) is 7.11 Å². The second kappa shape index (κ2) is 9.53. The zero-order chi connectivity index (χ0) is 23.4. The van der Waals surface area contributed by atoms with Crippen LogP contribution in [0.2, 0.25) is 0 Å². The van der Waals surface area contributed by atoms with Crippen molar-refractivity contribution in [2.45, 2.75) is 45.8 Å². The van der Waals surface area contributed by atoms with Crippen molar-refractivity contribution in [1.82, 2.24) is 9.55 Å². The van der Waals surface area contributed by atoms with Crippen LogP contribution < -0.4 is 9.47 Å². The minimum absolute atomic E-state index is 0.138. The summed E-state index contributed by atoms with van der Waals surface area (Å²) < 4.78 is 14.0. The highest BCUT2D eigenvalue weighted by atomic mass is 16.5. The van der Waals surface area contributed by atoms with Crippen LogP contribution in [0.15, 0.2) is 79.4 Å². The van der Waals surface area contributed by atoms with Gasteiger partial charge in [-0.1, -0.05) is 69.3 Å². The Hall–Kier alpha value is -3.53. The Kier molecular flexibility index (Phi) is 6.55. The number of aromatic nitrogens is 2. The molecule has 0 saturated carbocycles. The molecule has 4 nitrogen and oxygen atoms in total. The van der Waals surface area contributed by atoms with E-state index in [0.29, 0.717) is 12.4 Å². The van der Waals surface area contributed by atoms with E-state index in [-0.39, 0.29) is 5.41 Å². The summed E-state index contributed by atoms with van der Waals surface area (Å²) in [6.07, 6.45) is 2.67. The number of fused-ring (bicyclic) bond motifs is 1. The first kappa shape index (κ1) is 22.7. The van der Waals surface area contributed by atoms with Gasteiger partial charge in [0.1, 0.15) is 12.4 Å². The van der Waals surface area contributed by atoms with Crippen molar-refractivity contribution in [1.29, 1.82) is 0 Å². The molecular formula is C29H32N2O2. The summed E-state index contributed by atoms with van der Waals surface area (Å²) in [6.45, 7) is 11.6.